The fourth-order valence-electron chi connectivity index (χ4n) is 1.80. The smallest absolute Gasteiger partial charge is 0.163 e. The molecule has 1 aromatic carbocycles. The SMILES string of the molecule is CC1(C)CCC(Nc2ccccc2)=CC1=O. The van der Waals surface area contributed by atoms with Gasteiger partial charge in [0, 0.05) is 22.9 Å². The molecule has 16 heavy (non-hydrogen) atoms. The summed E-state index contributed by atoms with van der Waals surface area (Å²) in [6.45, 7) is 4.01. The van der Waals surface area contributed by atoms with Gasteiger partial charge in [0.2, 0.25) is 0 Å². The van der Waals surface area contributed by atoms with Crippen molar-refractivity contribution in [1.82, 2.24) is 0 Å². The van der Waals surface area contributed by atoms with E-state index in [9.17, 15) is 4.79 Å². The Balaban J connectivity index is 2.11. The summed E-state index contributed by atoms with van der Waals surface area (Å²) in [5.41, 5.74) is 1.87. The second kappa shape index (κ2) is 4.12. The van der Waals surface area contributed by atoms with Crippen LogP contribution in [0.3, 0.4) is 0 Å². The molecule has 0 bridgehead atoms. The van der Waals surface area contributed by atoms with Crippen LogP contribution in [0.15, 0.2) is 42.1 Å². The number of para-hydroxylation sites is 1. The third-order valence-electron chi connectivity index (χ3n) is 3.07. The van der Waals surface area contributed by atoms with Crippen LogP contribution in [0, 0.1) is 5.41 Å². The molecule has 0 atom stereocenters. The van der Waals surface area contributed by atoms with E-state index < -0.39 is 0 Å². The maximum absolute atomic E-state index is 11.8. The van der Waals surface area contributed by atoms with Crippen molar-refractivity contribution in [2.24, 2.45) is 5.41 Å². The Kier molecular flexibility index (Phi) is 2.82. The Morgan fingerprint density at radius 3 is 2.50 bits per heavy atom. The van der Waals surface area contributed by atoms with Crippen molar-refractivity contribution in [3.05, 3.63) is 42.1 Å². The van der Waals surface area contributed by atoms with E-state index in [0.717, 1.165) is 24.2 Å². The second-order valence-electron chi connectivity index (χ2n) is 4.91. The van der Waals surface area contributed by atoms with Crippen LogP contribution in [-0.2, 0) is 4.79 Å². The Morgan fingerprint density at radius 1 is 1.19 bits per heavy atom. The van der Waals surface area contributed by atoms with Crippen LogP contribution in [0.5, 0.6) is 0 Å². The van der Waals surface area contributed by atoms with E-state index in [1.807, 2.05) is 44.2 Å². The minimum absolute atomic E-state index is 0.193. The molecule has 0 radical (unpaired) electrons. The largest absolute Gasteiger partial charge is 0.359 e. The van der Waals surface area contributed by atoms with Crippen LogP contribution in [0.1, 0.15) is 26.7 Å². The van der Waals surface area contributed by atoms with Gasteiger partial charge in [0.25, 0.3) is 0 Å². The molecule has 0 aromatic heterocycles. The lowest BCUT2D eigenvalue weighted by Crippen LogP contribution is -2.27. The molecule has 1 aliphatic carbocycles. The Labute approximate surface area is 96.4 Å². The first-order chi connectivity index (χ1) is 7.58. The zero-order chi connectivity index (χ0) is 11.6. The molecule has 0 spiro atoms. The fourth-order valence-corrected chi connectivity index (χ4v) is 1.80. The van der Waals surface area contributed by atoms with Gasteiger partial charge in [-0.1, -0.05) is 32.0 Å². The number of nitrogens with one attached hydrogen (secondary N) is 1. The van der Waals surface area contributed by atoms with Gasteiger partial charge in [-0.25, -0.2) is 0 Å². The predicted octanol–water partition coefficient (Wildman–Crippen LogP) is 3.37. The van der Waals surface area contributed by atoms with Crippen LogP contribution < -0.4 is 5.32 Å². The number of hydrogen-bond donors (Lipinski definition) is 1. The summed E-state index contributed by atoms with van der Waals surface area (Å²) in [5, 5.41) is 3.29. The topological polar surface area (TPSA) is 29.1 Å². The van der Waals surface area contributed by atoms with Gasteiger partial charge < -0.3 is 5.32 Å². The number of ketones is 1. The first-order valence-corrected chi connectivity index (χ1v) is 5.65. The first kappa shape index (κ1) is 10.9. The van der Waals surface area contributed by atoms with Gasteiger partial charge in [0.1, 0.15) is 0 Å². The normalized spacial score (nSPS) is 19.1. The van der Waals surface area contributed by atoms with Crippen molar-refractivity contribution in [2.75, 3.05) is 5.32 Å². The summed E-state index contributed by atoms with van der Waals surface area (Å²) >= 11 is 0. The van der Waals surface area contributed by atoms with E-state index >= 15 is 0 Å². The molecule has 84 valence electrons. The fraction of sp³-hybridized carbons (Fsp3) is 0.357. The number of anilines is 1. The average Bonchev–Trinajstić information content (AvgIpc) is 2.26. The third-order valence-corrected chi connectivity index (χ3v) is 3.07. The van der Waals surface area contributed by atoms with Crippen LogP contribution in [0.4, 0.5) is 5.69 Å². The summed E-state index contributed by atoms with van der Waals surface area (Å²) in [6.07, 6.45) is 3.60. The molecular formula is C14H17NO. The van der Waals surface area contributed by atoms with Gasteiger partial charge in [-0.15, -0.1) is 0 Å². The van der Waals surface area contributed by atoms with E-state index in [-0.39, 0.29) is 11.2 Å². The minimum Gasteiger partial charge on any atom is -0.359 e. The lowest BCUT2D eigenvalue weighted by atomic mass is 9.79. The standard InChI is InChI=1S/C14H17NO/c1-14(2)9-8-12(10-13(14)16)15-11-6-4-3-5-7-11/h3-7,10,15H,8-9H2,1-2H3. The number of carbonyl (C=O) groups excluding carboxylic acids is 1. The van der Waals surface area contributed by atoms with E-state index in [0.29, 0.717) is 0 Å². The average molecular weight is 215 g/mol. The van der Waals surface area contributed by atoms with Gasteiger partial charge in [0.05, 0.1) is 0 Å². The highest BCUT2D eigenvalue weighted by Crippen LogP contribution is 2.31. The number of carbonyl (C=O) groups is 1. The first-order valence-electron chi connectivity index (χ1n) is 5.65. The summed E-state index contributed by atoms with van der Waals surface area (Å²) in [4.78, 5) is 11.8. The van der Waals surface area contributed by atoms with E-state index in [1.165, 1.54) is 0 Å². The van der Waals surface area contributed by atoms with Crippen molar-refractivity contribution in [2.45, 2.75) is 26.7 Å². The molecule has 0 unspecified atom stereocenters. The number of benzene rings is 1. The summed E-state index contributed by atoms with van der Waals surface area (Å²) < 4.78 is 0. The van der Waals surface area contributed by atoms with Gasteiger partial charge in [-0.05, 0) is 25.0 Å². The number of allylic oxidation sites excluding steroid dienone is 2. The summed E-state index contributed by atoms with van der Waals surface area (Å²) in [7, 11) is 0. The van der Waals surface area contributed by atoms with Crippen LogP contribution in [0.2, 0.25) is 0 Å². The molecule has 0 saturated heterocycles. The van der Waals surface area contributed by atoms with E-state index in [2.05, 4.69) is 5.32 Å². The van der Waals surface area contributed by atoms with Crippen molar-refractivity contribution in [3.8, 4) is 0 Å². The number of rotatable bonds is 2. The highest BCUT2D eigenvalue weighted by Gasteiger charge is 2.29. The molecule has 1 N–H and O–H groups in total. The summed E-state index contributed by atoms with van der Waals surface area (Å²) in [6, 6.07) is 9.96. The molecule has 1 aliphatic rings. The molecule has 0 heterocycles. The predicted molar refractivity (Wildman–Crippen MR) is 66.2 cm³/mol. The monoisotopic (exact) mass is 215 g/mol. The van der Waals surface area contributed by atoms with Crippen molar-refractivity contribution in [1.29, 1.82) is 0 Å². The highest BCUT2D eigenvalue weighted by molar-refractivity contribution is 5.96. The molecular weight excluding hydrogens is 198 g/mol. The maximum Gasteiger partial charge on any atom is 0.163 e. The molecule has 2 rings (SSSR count). The second-order valence-corrected chi connectivity index (χ2v) is 4.91. The van der Waals surface area contributed by atoms with Gasteiger partial charge in [0.15, 0.2) is 5.78 Å². The minimum atomic E-state index is -0.193. The summed E-state index contributed by atoms with van der Waals surface area (Å²) in [5.74, 6) is 0.220. The molecule has 0 aliphatic heterocycles. The van der Waals surface area contributed by atoms with Crippen LogP contribution in [0.25, 0.3) is 0 Å². The van der Waals surface area contributed by atoms with Crippen LogP contribution in [-0.4, -0.2) is 5.78 Å². The van der Waals surface area contributed by atoms with Crippen molar-refractivity contribution < 1.29 is 4.79 Å². The molecule has 0 saturated carbocycles. The molecule has 2 heteroatoms. The Morgan fingerprint density at radius 2 is 1.88 bits per heavy atom. The maximum atomic E-state index is 11.8. The quantitative estimate of drug-likeness (QED) is 0.819. The third kappa shape index (κ3) is 2.32. The zero-order valence-electron chi connectivity index (χ0n) is 9.79. The van der Waals surface area contributed by atoms with Gasteiger partial charge in [-0.3, -0.25) is 4.79 Å². The lowest BCUT2D eigenvalue weighted by molar-refractivity contribution is -0.123. The van der Waals surface area contributed by atoms with Gasteiger partial charge >= 0.3 is 0 Å². The Bertz CT molecular complexity index is 418. The molecule has 0 amide bonds. The van der Waals surface area contributed by atoms with E-state index in [1.54, 1.807) is 6.08 Å². The Hall–Kier alpha value is -1.57. The van der Waals surface area contributed by atoms with Crippen molar-refractivity contribution in [3.63, 3.8) is 0 Å². The van der Waals surface area contributed by atoms with E-state index in [4.69, 9.17) is 0 Å². The number of hydrogen-bond acceptors (Lipinski definition) is 2. The van der Waals surface area contributed by atoms with Crippen LogP contribution >= 0.6 is 0 Å². The lowest BCUT2D eigenvalue weighted by Gasteiger charge is -2.27. The van der Waals surface area contributed by atoms with Crippen molar-refractivity contribution >= 4 is 11.5 Å². The molecule has 2 nitrogen and oxygen atoms in total. The molecule has 0 fully saturated rings. The zero-order valence-corrected chi connectivity index (χ0v) is 9.79. The molecule has 1 aromatic rings. The van der Waals surface area contributed by atoms with Gasteiger partial charge in [-0.2, -0.15) is 0 Å². The highest BCUT2D eigenvalue weighted by atomic mass is 16.1.